The molecular formula is C19H25N. The Bertz CT molecular complexity index is 513. The Labute approximate surface area is 122 Å². The minimum atomic E-state index is 0.374. The molecule has 0 radical (unpaired) electrons. The van der Waals surface area contributed by atoms with Crippen LogP contribution in [0.4, 0.5) is 0 Å². The van der Waals surface area contributed by atoms with Gasteiger partial charge in [-0.2, -0.15) is 0 Å². The van der Waals surface area contributed by atoms with Crippen LogP contribution in [0.5, 0.6) is 0 Å². The van der Waals surface area contributed by atoms with Gasteiger partial charge < -0.3 is 5.73 Å². The number of benzene rings is 2. The molecule has 0 heterocycles. The summed E-state index contributed by atoms with van der Waals surface area (Å²) in [5.41, 5.74) is 10.1. The molecular weight excluding hydrogens is 242 g/mol. The van der Waals surface area contributed by atoms with Crippen molar-refractivity contribution >= 4 is 0 Å². The highest BCUT2D eigenvalue weighted by molar-refractivity contribution is 5.31. The van der Waals surface area contributed by atoms with Crippen LogP contribution in [0.15, 0.2) is 54.6 Å². The lowest BCUT2D eigenvalue weighted by atomic mass is 9.82. The fourth-order valence-corrected chi connectivity index (χ4v) is 2.75. The van der Waals surface area contributed by atoms with Crippen LogP contribution in [0.2, 0.25) is 0 Å². The van der Waals surface area contributed by atoms with Gasteiger partial charge in [-0.25, -0.2) is 0 Å². The summed E-state index contributed by atoms with van der Waals surface area (Å²) < 4.78 is 0. The van der Waals surface area contributed by atoms with Crippen molar-refractivity contribution in [2.24, 2.45) is 5.73 Å². The van der Waals surface area contributed by atoms with E-state index in [1.54, 1.807) is 0 Å². The van der Waals surface area contributed by atoms with E-state index in [9.17, 15) is 0 Å². The molecule has 2 aromatic rings. The lowest BCUT2D eigenvalue weighted by Crippen LogP contribution is -2.18. The molecule has 1 heteroatoms. The third kappa shape index (κ3) is 3.29. The highest BCUT2D eigenvalue weighted by Crippen LogP contribution is 2.32. The second-order valence-corrected chi connectivity index (χ2v) is 5.86. The lowest BCUT2D eigenvalue weighted by molar-refractivity contribution is 0.584. The predicted octanol–water partition coefficient (Wildman–Crippen LogP) is 4.66. The molecule has 0 aliphatic heterocycles. The fourth-order valence-electron chi connectivity index (χ4n) is 2.75. The van der Waals surface area contributed by atoms with Crippen LogP contribution in [-0.4, -0.2) is 6.54 Å². The first-order valence-corrected chi connectivity index (χ1v) is 7.48. The smallest absolute Gasteiger partial charge is 0.00273 e. The van der Waals surface area contributed by atoms with E-state index in [-0.39, 0.29) is 0 Å². The molecule has 2 atom stereocenters. The van der Waals surface area contributed by atoms with Gasteiger partial charge in [0.05, 0.1) is 0 Å². The van der Waals surface area contributed by atoms with E-state index < -0.39 is 0 Å². The van der Waals surface area contributed by atoms with E-state index in [1.807, 2.05) is 0 Å². The first-order valence-electron chi connectivity index (χ1n) is 7.48. The summed E-state index contributed by atoms with van der Waals surface area (Å²) in [7, 11) is 0. The van der Waals surface area contributed by atoms with Gasteiger partial charge in [-0.05, 0) is 35.1 Å². The normalized spacial score (nSPS) is 14.2. The van der Waals surface area contributed by atoms with Crippen LogP contribution in [0.25, 0.3) is 0 Å². The summed E-state index contributed by atoms with van der Waals surface area (Å²) in [4.78, 5) is 0. The minimum Gasteiger partial charge on any atom is -0.330 e. The van der Waals surface area contributed by atoms with Gasteiger partial charge in [0, 0.05) is 5.92 Å². The first kappa shape index (κ1) is 14.8. The van der Waals surface area contributed by atoms with Crippen molar-refractivity contribution in [2.45, 2.75) is 38.5 Å². The molecule has 0 amide bonds. The molecule has 0 bridgehead atoms. The predicted molar refractivity (Wildman–Crippen MR) is 87.2 cm³/mol. The minimum absolute atomic E-state index is 0.374. The van der Waals surface area contributed by atoms with Crippen molar-refractivity contribution in [1.82, 2.24) is 0 Å². The standard InChI is InChI=1S/C19H25N/c1-14(2)16-9-11-18(12-10-16)19(13-20)15(3)17-7-5-4-6-8-17/h4-12,14-15,19H,13,20H2,1-3H3. The van der Waals surface area contributed by atoms with Gasteiger partial charge in [0.2, 0.25) is 0 Å². The molecule has 0 aromatic heterocycles. The van der Waals surface area contributed by atoms with Crippen molar-refractivity contribution < 1.29 is 0 Å². The summed E-state index contributed by atoms with van der Waals surface area (Å²) in [5, 5.41) is 0. The molecule has 20 heavy (non-hydrogen) atoms. The summed E-state index contributed by atoms with van der Waals surface area (Å²) in [6.07, 6.45) is 0. The molecule has 1 nitrogen and oxygen atoms in total. The zero-order valence-electron chi connectivity index (χ0n) is 12.7. The fraction of sp³-hybridized carbons (Fsp3) is 0.368. The number of nitrogens with two attached hydrogens (primary N) is 1. The maximum Gasteiger partial charge on any atom is 0.00273 e. The second kappa shape index (κ2) is 6.71. The number of rotatable bonds is 5. The average Bonchev–Trinajstić information content (AvgIpc) is 2.49. The molecule has 0 aliphatic rings. The van der Waals surface area contributed by atoms with E-state index >= 15 is 0 Å². The van der Waals surface area contributed by atoms with Gasteiger partial charge >= 0.3 is 0 Å². The van der Waals surface area contributed by atoms with E-state index in [0.717, 1.165) is 0 Å². The average molecular weight is 267 g/mol. The van der Waals surface area contributed by atoms with E-state index in [0.29, 0.717) is 24.3 Å². The molecule has 2 N–H and O–H groups in total. The summed E-state index contributed by atoms with van der Waals surface area (Å²) >= 11 is 0. The molecule has 0 spiro atoms. The third-order valence-corrected chi connectivity index (χ3v) is 4.21. The highest BCUT2D eigenvalue weighted by Gasteiger charge is 2.19. The molecule has 2 rings (SSSR count). The van der Waals surface area contributed by atoms with Crippen LogP contribution in [0, 0.1) is 0 Å². The molecule has 0 aliphatic carbocycles. The van der Waals surface area contributed by atoms with Crippen molar-refractivity contribution in [3.63, 3.8) is 0 Å². The molecule has 2 unspecified atom stereocenters. The maximum atomic E-state index is 6.04. The van der Waals surface area contributed by atoms with Crippen molar-refractivity contribution in [3.8, 4) is 0 Å². The number of hydrogen-bond acceptors (Lipinski definition) is 1. The van der Waals surface area contributed by atoms with Gasteiger partial charge in [0.1, 0.15) is 0 Å². The molecule has 0 saturated heterocycles. The van der Waals surface area contributed by atoms with Crippen molar-refractivity contribution in [1.29, 1.82) is 0 Å². The Morgan fingerprint density at radius 1 is 0.750 bits per heavy atom. The molecule has 0 saturated carbocycles. The Balaban J connectivity index is 2.23. The van der Waals surface area contributed by atoms with Crippen molar-refractivity contribution in [3.05, 3.63) is 71.3 Å². The zero-order chi connectivity index (χ0) is 14.5. The summed E-state index contributed by atoms with van der Waals surface area (Å²) in [6.45, 7) is 7.39. The van der Waals surface area contributed by atoms with Gasteiger partial charge in [0.25, 0.3) is 0 Å². The van der Waals surface area contributed by atoms with Crippen LogP contribution < -0.4 is 5.73 Å². The van der Waals surface area contributed by atoms with E-state index in [4.69, 9.17) is 5.73 Å². The van der Waals surface area contributed by atoms with Crippen LogP contribution >= 0.6 is 0 Å². The first-order chi connectivity index (χ1) is 9.63. The Kier molecular flexibility index (Phi) is 4.97. The number of hydrogen-bond donors (Lipinski definition) is 1. The summed E-state index contributed by atoms with van der Waals surface area (Å²) in [6, 6.07) is 19.6. The largest absolute Gasteiger partial charge is 0.330 e. The molecule has 0 fully saturated rings. The molecule has 2 aromatic carbocycles. The van der Waals surface area contributed by atoms with Gasteiger partial charge in [-0.3, -0.25) is 0 Å². The SMILES string of the molecule is CC(C)c1ccc(C(CN)C(C)c2ccccc2)cc1. The third-order valence-electron chi connectivity index (χ3n) is 4.21. The van der Waals surface area contributed by atoms with Crippen LogP contribution in [-0.2, 0) is 0 Å². The quantitative estimate of drug-likeness (QED) is 0.838. The monoisotopic (exact) mass is 267 g/mol. The van der Waals surface area contributed by atoms with E-state index in [2.05, 4.69) is 75.4 Å². The zero-order valence-corrected chi connectivity index (χ0v) is 12.7. The maximum absolute atomic E-state index is 6.04. The second-order valence-electron chi connectivity index (χ2n) is 5.86. The topological polar surface area (TPSA) is 26.0 Å². The Morgan fingerprint density at radius 2 is 1.30 bits per heavy atom. The van der Waals surface area contributed by atoms with Crippen LogP contribution in [0.1, 0.15) is 55.2 Å². The Morgan fingerprint density at radius 3 is 1.80 bits per heavy atom. The van der Waals surface area contributed by atoms with Gasteiger partial charge in [0.15, 0.2) is 0 Å². The molecule has 106 valence electrons. The summed E-state index contributed by atoms with van der Waals surface area (Å²) in [5.74, 6) is 1.39. The van der Waals surface area contributed by atoms with Crippen LogP contribution in [0.3, 0.4) is 0 Å². The van der Waals surface area contributed by atoms with Crippen molar-refractivity contribution in [2.75, 3.05) is 6.54 Å². The van der Waals surface area contributed by atoms with Gasteiger partial charge in [-0.15, -0.1) is 0 Å². The van der Waals surface area contributed by atoms with Gasteiger partial charge in [-0.1, -0.05) is 75.4 Å². The lowest BCUT2D eigenvalue weighted by Gasteiger charge is -2.24. The highest BCUT2D eigenvalue weighted by atomic mass is 14.6. The van der Waals surface area contributed by atoms with E-state index in [1.165, 1.54) is 16.7 Å². The Hall–Kier alpha value is -1.60.